The highest BCUT2D eigenvalue weighted by molar-refractivity contribution is 7.00. The summed E-state index contributed by atoms with van der Waals surface area (Å²) in [5, 5.41) is 0. The first kappa shape index (κ1) is 25.0. The predicted octanol–water partition coefficient (Wildman–Crippen LogP) is 3.22. The molecule has 0 aliphatic rings. The van der Waals surface area contributed by atoms with E-state index in [2.05, 4.69) is 0 Å². The van der Waals surface area contributed by atoms with Gasteiger partial charge in [0, 0.05) is 7.11 Å². The largest absolute Gasteiger partial charge is 0.496 e. The fourth-order valence-electron chi connectivity index (χ4n) is 2.26. The highest BCUT2D eigenvalue weighted by Gasteiger charge is 2.34. The van der Waals surface area contributed by atoms with Crippen LogP contribution in [-0.2, 0) is 23.9 Å². The number of Topliss-reactive ketones (excluding diaryl/α,β-unsaturated/α-hetero) is 1. The van der Waals surface area contributed by atoms with E-state index in [9.17, 15) is 9.59 Å². The van der Waals surface area contributed by atoms with Gasteiger partial charge in [-0.05, 0) is 31.4 Å². The number of carbonyl (C=O) groups excluding carboxylic acids is 2. The molecule has 0 amide bonds. The lowest BCUT2D eigenvalue weighted by atomic mass is 9.89. The van der Waals surface area contributed by atoms with Crippen molar-refractivity contribution in [2.24, 2.45) is 11.8 Å². The van der Waals surface area contributed by atoms with Crippen molar-refractivity contribution < 1.29 is 38.1 Å². The fourth-order valence-corrected chi connectivity index (χ4v) is 2.26. The average Bonchev–Trinajstić information content (AvgIpc) is 2.69. The lowest BCUT2D eigenvalue weighted by molar-refractivity contribution is -0.343. The van der Waals surface area contributed by atoms with E-state index in [0.29, 0.717) is 17.9 Å². The Bertz CT molecular complexity index is 583. The highest BCUT2D eigenvalue weighted by Crippen LogP contribution is 2.32. The molecule has 1 aromatic carbocycles. The molecule has 0 aromatic heterocycles. The molecule has 9 heteroatoms. The maximum Gasteiger partial charge on any atom is 0.353 e. The van der Waals surface area contributed by atoms with Gasteiger partial charge in [0.1, 0.15) is 23.0 Å². The zero-order valence-corrected chi connectivity index (χ0v) is 17.7. The topological polar surface area (TPSA) is 97.4 Å². The molecule has 3 atom stereocenters. The summed E-state index contributed by atoms with van der Waals surface area (Å²) in [4.78, 5) is 35.1. The van der Waals surface area contributed by atoms with Crippen molar-refractivity contribution in [1.29, 1.82) is 0 Å². The first-order chi connectivity index (χ1) is 12.8. The van der Waals surface area contributed by atoms with Gasteiger partial charge in [-0.1, -0.05) is 24.5 Å². The second-order valence-corrected chi connectivity index (χ2v) is 5.89. The zero-order valence-electron chi connectivity index (χ0n) is 16.5. The molecule has 1 aromatic rings. The molecule has 0 bridgehead atoms. The van der Waals surface area contributed by atoms with Crippen molar-refractivity contribution >= 4 is 20.9 Å². The average molecular weight is 403 g/mol. The number of ether oxygens (including phenoxy) is 3. The van der Waals surface area contributed by atoms with E-state index in [-0.39, 0.29) is 11.5 Å². The Hall–Kier alpha value is -2.02. The van der Waals surface area contributed by atoms with Crippen LogP contribution in [-0.4, -0.2) is 39.4 Å². The minimum absolute atomic E-state index is 0.0852. The van der Waals surface area contributed by atoms with E-state index in [1.165, 1.54) is 30.4 Å². The molecule has 3 unspecified atom stereocenters. The normalized spacial score (nSPS) is 12.4. The van der Waals surface area contributed by atoms with Crippen LogP contribution in [0, 0.1) is 11.8 Å². The van der Waals surface area contributed by atoms with E-state index in [4.69, 9.17) is 28.6 Å². The number of ketones is 1. The summed E-state index contributed by atoms with van der Waals surface area (Å²) in [5.74, 6) is -1.53. The van der Waals surface area contributed by atoms with E-state index < -0.39 is 24.0 Å². The van der Waals surface area contributed by atoms with Crippen molar-refractivity contribution in [2.45, 2.75) is 33.5 Å². The SMILES string of the molecule is COc1cccc(OC)c1C(=O)C(CC(C)C)C(=O)OOC(C)OC.O=[PH2+]. The summed E-state index contributed by atoms with van der Waals surface area (Å²) < 4.78 is 23.5. The summed E-state index contributed by atoms with van der Waals surface area (Å²) in [6.07, 6.45) is -0.441. The molecular weight excluding hydrogens is 375 g/mol. The maximum atomic E-state index is 13.0. The second kappa shape index (κ2) is 13.2. The van der Waals surface area contributed by atoms with Crippen molar-refractivity contribution in [3.8, 4) is 11.5 Å². The molecule has 27 heavy (non-hydrogen) atoms. The van der Waals surface area contributed by atoms with Crippen LogP contribution in [0.4, 0.5) is 0 Å². The molecular formula is C18H28O8P+. The van der Waals surface area contributed by atoms with Crippen LogP contribution in [0.25, 0.3) is 0 Å². The Balaban J connectivity index is 0.00000326. The minimum atomic E-state index is -1.05. The molecule has 152 valence electrons. The second-order valence-electron chi connectivity index (χ2n) is 5.89. The third-order valence-electron chi connectivity index (χ3n) is 3.58. The van der Waals surface area contributed by atoms with E-state index in [0.717, 1.165) is 0 Å². The molecule has 0 N–H and O–H groups in total. The summed E-state index contributed by atoms with van der Waals surface area (Å²) in [7, 11) is 5.48. The van der Waals surface area contributed by atoms with Gasteiger partial charge in [0.2, 0.25) is 0 Å². The fraction of sp³-hybridized carbons (Fsp3) is 0.556. The van der Waals surface area contributed by atoms with Crippen molar-refractivity contribution in [3.05, 3.63) is 23.8 Å². The minimum Gasteiger partial charge on any atom is -0.496 e. The molecule has 0 saturated heterocycles. The summed E-state index contributed by atoms with van der Waals surface area (Å²) in [6.45, 7) is 5.38. The van der Waals surface area contributed by atoms with E-state index in [1.54, 1.807) is 25.1 Å². The molecule has 1 rings (SSSR count). The lowest BCUT2D eigenvalue weighted by Crippen LogP contribution is -2.29. The Kier molecular flexibility index (Phi) is 12.2. The van der Waals surface area contributed by atoms with Gasteiger partial charge in [-0.2, -0.15) is 4.89 Å². The third kappa shape index (κ3) is 7.62. The number of hydrogen-bond donors (Lipinski definition) is 0. The molecule has 0 spiro atoms. The Morgan fingerprint density at radius 1 is 1.00 bits per heavy atom. The number of carbonyl (C=O) groups is 2. The maximum absolute atomic E-state index is 13.0. The first-order valence-electron chi connectivity index (χ1n) is 8.24. The van der Waals surface area contributed by atoms with Crippen LogP contribution in [0.5, 0.6) is 11.5 Å². The third-order valence-corrected chi connectivity index (χ3v) is 3.58. The number of methoxy groups -OCH3 is 3. The van der Waals surface area contributed by atoms with Crippen LogP contribution < -0.4 is 9.47 Å². The Morgan fingerprint density at radius 3 is 1.93 bits per heavy atom. The molecule has 0 aliphatic heterocycles. The first-order valence-corrected chi connectivity index (χ1v) is 8.71. The van der Waals surface area contributed by atoms with Gasteiger partial charge in [-0.25, -0.2) is 4.79 Å². The Labute approximate surface area is 161 Å². The van der Waals surface area contributed by atoms with Gasteiger partial charge < -0.3 is 14.2 Å². The Morgan fingerprint density at radius 2 is 1.52 bits per heavy atom. The van der Waals surface area contributed by atoms with Crippen LogP contribution in [0.1, 0.15) is 37.6 Å². The molecule has 0 fully saturated rings. The number of benzene rings is 1. The summed E-state index contributed by atoms with van der Waals surface area (Å²) >= 11 is 0. The van der Waals surface area contributed by atoms with Gasteiger partial charge >= 0.3 is 15.1 Å². The summed E-state index contributed by atoms with van der Waals surface area (Å²) in [5.41, 5.74) is 0.204. The zero-order chi connectivity index (χ0) is 21.0. The van der Waals surface area contributed by atoms with Gasteiger partial charge in [-0.15, -0.1) is 0 Å². The van der Waals surface area contributed by atoms with Gasteiger partial charge in [0.05, 0.1) is 14.2 Å². The molecule has 0 saturated carbocycles. The van der Waals surface area contributed by atoms with Crippen LogP contribution in [0.15, 0.2) is 18.2 Å². The highest BCUT2D eigenvalue weighted by atomic mass is 31.0. The molecule has 0 heterocycles. The number of hydrogen-bond acceptors (Lipinski definition) is 8. The van der Waals surface area contributed by atoms with Crippen LogP contribution >= 0.6 is 9.12 Å². The summed E-state index contributed by atoms with van der Waals surface area (Å²) in [6, 6.07) is 4.97. The van der Waals surface area contributed by atoms with Crippen molar-refractivity contribution in [1.82, 2.24) is 0 Å². The molecule has 0 radical (unpaired) electrons. The van der Waals surface area contributed by atoms with Crippen molar-refractivity contribution in [3.63, 3.8) is 0 Å². The quantitative estimate of drug-likeness (QED) is 0.147. The van der Waals surface area contributed by atoms with E-state index in [1.807, 2.05) is 13.8 Å². The van der Waals surface area contributed by atoms with Crippen LogP contribution in [0.3, 0.4) is 0 Å². The lowest BCUT2D eigenvalue weighted by Gasteiger charge is -2.19. The van der Waals surface area contributed by atoms with Crippen molar-refractivity contribution in [2.75, 3.05) is 21.3 Å². The smallest absolute Gasteiger partial charge is 0.353 e. The van der Waals surface area contributed by atoms with Gasteiger partial charge in [0.25, 0.3) is 0 Å². The molecule has 0 aliphatic carbocycles. The molecule has 8 nitrogen and oxygen atoms in total. The number of rotatable bonds is 10. The van der Waals surface area contributed by atoms with Crippen LogP contribution in [0.2, 0.25) is 0 Å². The van der Waals surface area contributed by atoms with Gasteiger partial charge in [0.15, 0.2) is 12.1 Å². The van der Waals surface area contributed by atoms with E-state index >= 15 is 0 Å². The van der Waals surface area contributed by atoms with Gasteiger partial charge in [-0.3, -0.25) is 9.68 Å². The predicted molar refractivity (Wildman–Crippen MR) is 101 cm³/mol. The monoisotopic (exact) mass is 403 g/mol. The standard InChI is InChI=1S/C18H26O7.H2OP/c1-11(2)10-13(18(20)25-24-12(3)21-4)17(19)16-14(22-5)8-7-9-15(16)23-6;1-2/h7-9,11-13H,10H2,1-6H3;2H2/q;+1.